The van der Waals surface area contributed by atoms with Crippen LogP contribution in [0.5, 0.6) is 0 Å². The van der Waals surface area contributed by atoms with Crippen molar-refractivity contribution in [1.82, 2.24) is 25.8 Å². The summed E-state index contributed by atoms with van der Waals surface area (Å²) in [6.45, 7) is 12.0. The van der Waals surface area contributed by atoms with Gasteiger partial charge < -0.3 is 40.3 Å². The number of hydrogen-bond acceptors (Lipinski definition) is 8. The van der Waals surface area contributed by atoms with Crippen molar-refractivity contribution in [2.24, 2.45) is 17.8 Å². The summed E-state index contributed by atoms with van der Waals surface area (Å²) in [7, 11) is 6.37. The van der Waals surface area contributed by atoms with Gasteiger partial charge in [0.1, 0.15) is 18.2 Å². The molecule has 0 fully saturated rings. The van der Waals surface area contributed by atoms with Crippen LogP contribution in [0.3, 0.4) is 0 Å². The molecule has 1 aromatic rings. The van der Waals surface area contributed by atoms with Gasteiger partial charge in [-0.05, 0) is 36.8 Å². The van der Waals surface area contributed by atoms with Gasteiger partial charge >= 0.3 is 5.97 Å². The number of nitrogens with zero attached hydrogens (tertiary/aromatic N) is 2. The Labute approximate surface area is 303 Å². The second kappa shape index (κ2) is 20.9. The van der Waals surface area contributed by atoms with E-state index in [1.165, 1.54) is 14.2 Å². The molecule has 286 valence electrons. The zero-order valence-electron chi connectivity index (χ0n) is 32.1. The average molecular weight is 716 g/mol. The summed E-state index contributed by atoms with van der Waals surface area (Å²) in [5.41, 5.74) is 1.30. The lowest BCUT2D eigenvalue weighted by atomic mass is 9.89. The molecule has 0 bridgehead atoms. The summed E-state index contributed by atoms with van der Waals surface area (Å²) in [4.78, 5) is 69.4. The molecule has 13 heteroatoms. The summed E-state index contributed by atoms with van der Waals surface area (Å²) < 4.78 is 11.6. The molecular formula is C38H61N5O8. The molecule has 0 aromatic heterocycles. The van der Waals surface area contributed by atoms with Crippen LogP contribution in [0.4, 0.5) is 0 Å². The standard InChI is InChI=1S/C38H61N5O8/c1-11-25(6)35(42(8)37(47)34(24(4)5)41-36(46)33(39-7)23(2)3)30(51-10)22-32(45)43-19-15-18-28(43)29(50-9)21-31(44)40-27(38(48)49)20-26-16-13-12-14-17-26/h12-14,16-18,23-25,27,29-30,33-35,39H,11,15,19-22H2,1-10H3,(H,40,44)(H,41,46)(H,48,49)/t25?,27?,29-,30-,33+,34+,35+/m1/s1. The first-order chi connectivity index (χ1) is 24.1. The fourth-order valence-corrected chi connectivity index (χ4v) is 6.69. The molecule has 1 heterocycles. The maximum atomic E-state index is 14.1. The number of carboxylic acid groups (broad SMARTS) is 1. The van der Waals surface area contributed by atoms with Gasteiger partial charge in [-0.25, -0.2) is 4.79 Å². The van der Waals surface area contributed by atoms with Crippen molar-refractivity contribution >= 4 is 29.6 Å². The number of aliphatic carboxylic acids is 1. The maximum absolute atomic E-state index is 14.1. The van der Waals surface area contributed by atoms with E-state index in [0.717, 1.165) is 5.56 Å². The summed E-state index contributed by atoms with van der Waals surface area (Å²) >= 11 is 0. The second-order valence-electron chi connectivity index (χ2n) is 14.1. The van der Waals surface area contributed by atoms with Crippen LogP contribution in [-0.4, -0.2) is 116 Å². The minimum Gasteiger partial charge on any atom is -0.480 e. The van der Waals surface area contributed by atoms with Gasteiger partial charge in [-0.2, -0.15) is 0 Å². The molecule has 0 saturated heterocycles. The third kappa shape index (κ3) is 12.1. The number of nitrogens with one attached hydrogen (secondary N) is 3. The number of hydrogen-bond donors (Lipinski definition) is 4. The van der Waals surface area contributed by atoms with Crippen LogP contribution in [-0.2, 0) is 39.9 Å². The molecule has 1 aromatic carbocycles. The third-order valence-corrected chi connectivity index (χ3v) is 9.79. The number of benzene rings is 1. The van der Waals surface area contributed by atoms with Crippen molar-refractivity contribution < 1.29 is 38.6 Å². The molecule has 4 amide bonds. The Morgan fingerprint density at radius 3 is 2.06 bits per heavy atom. The van der Waals surface area contributed by atoms with Crippen molar-refractivity contribution in [3.05, 3.63) is 47.7 Å². The SMILES string of the molecule is CCC(C)[C@@H]([C@@H](CC(=O)N1CCC=C1[C@@H](CC(=O)NC(Cc1ccccc1)C(=O)O)OC)OC)N(C)C(=O)[C@@H](NC(=O)[C@@H](NC)C(C)C)C(C)C. The molecule has 0 radical (unpaired) electrons. The molecule has 4 N–H and O–H groups in total. The first-order valence-electron chi connectivity index (χ1n) is 18.0. The largest absolute Gasteiger partial charge is 0.480 e. The highest BCUT2D eigenvalue weighted by molar-refractivity contribution is 5.90. The van der Waals surface area contributed by atoms with E-state index in [0.29, 0.717) is 25.1 Å². The number of rotatable bonds is 21. The molecule has 13 nitrogen and oxygen atoms in total. The Balaban J connectivity index is 2.22. The lowest BCUT2D eigenvalue weighted by Gasteiger charge is -2.40. The van der Waals surface area contributed by atoms with Gasteiger partial charge in [0.05, 0.1) is 31.0 Å². The fraction of sp³-hybridized carbons (Fsp3) is 0.658. The van der Waals surface area contributed by atoms with Gasteiger partial charge in [0.2, 0.25) is 23.6 Å². The number of ether oxygens (including phenoxy) is 2. The Morgan fingerprint density at radius 1 is 0.922 bits per heavy atom. The average Bonchev–Trinajstić information content (AvgIpc) is 3.59. The van der Waals surface area contributed by atoms with Gasteiger partial charge in [-0.1, -0.05) is 84.4 Å². The third-order valence-electron chi connectivity index (χ3n) is 9.79. The van der Waals surface area contributed by atoms with Crippen LogP contribution >= 0.6 is 0 Å². The molecule has 1 aliphatic heterocycles. The number of methoxy groups -OCH3 is 2. The van der Waals surface area contributed by atoms with E-state index in [-0.39, 0.29) is 54.7 Å². The molecule has 0 aliphatic carbocycles. The summed E-state index contributed by atoms with van der Waals surface area (Å²) in [5, 5.41) is 18.4. The molecule has 0 spiro atoms. The number of likely N-dealkylation sites (N-methyl/N-ethyl adjacent to an activating group) is 2. The number of carboxylic acids is 1. The molecule has 2 rings (SSSR count). The van der Waals surface area contributed by atoms with Gasteiger partial charge in [-0.3, -0.25) is 19.2 Å². The fourth-order valence-electron chi connectivity index (χ4n) is 6.69. The summed E-state index contributed by atoms with van der Waals surface area (Å²) in [5.74, 6) is -2.67. The second-order valence-corrected chi connectivity index (χ2v) is 14.1. The lowest BCUT2D eigenvalue weighted by Crippen LogP contribution is -2.59. The highest BCUT2D eigenvalue weighted by Crippen LogP contribution is 2.28. The summed E-state index contributed by atoms with van der Waals surface area (Å²) in [6, 6.07) is 6.18. The minimum atomic E-state index is -1.15. The van der Waals surface area contributed by atoms with E-state index < -0.39 is 48.3 Å². The predicted octanol–water partition coefficient (Wildman–Crippen LogP) is 2.98. The van der Waals surface area contributed by atoms with Gasteiger partial charge in [0.15, 0.2) is 0 Å². The Morgan fingerprint density at radius 2 is 1.55 bits per heavy atom. The molecule has 1 aliphatic rings. The van der Waals surface area contributed by atoms with Gasteiger partial charge in [0, 0.05) is 39.9 Å². The van der Waals surface area contributed by atoms with E-state index >= 15 is 0 Å². The highest BCUT2D eigenvalue weighted by Gasteiger charge is 2.40. The van der Waals surface area contributed by atoms with Crippen molar-refractivity contribution in [2.45, 2.75) is 110 Å². The van der Waals surface area contributed by atoms with Crippen molar-refractivity contribution in [2.75, 3.05) is 34.9 Å². The minimum absolute atomic E-state index is 0.0188. The molecule has 51 heavy (non-hydrogen) atoms. The van der Waals surface area contributed by atoms with E-state index in [1.54, 1.807) is 48.2 Å². The highest BCUT2D eigenvalue weighted by atomic mass is 16.5. The van der Waals surface area contributed by atoms with E-state index in [4.69, 9.17) is 9.47 Å². The van der Waals surface area contributed by atoms with Gasteiger partial charge in [0.25, 0.3) is 0 Å². The maximum Gasteiger partial charge on any atom is 0.326 e. The number of carbonyl (C=O) groups is 5. The predicted molar refractivity (Wildman–Crippen MR) is 195 cm³/mol. The molecule has 2 unspecified atom stereocenters. The van der Waals surface area contributed by atoms with Crippen LogP contribution in [0.2, 0.25) is 0 Å². The zero-order chi connectivity index (χ0) is 38.4. The molecule has 0 saturated carbocycles. The normalized spacial score (nSPS) is 17.2. The Hall–Kier alpha value is -3.81. The lowest BCUT2D eigenvalue weighted by molar-refractivity contribution is -0.145. The Kier molecular flexibility index (Phi) is 17.8. The monoisotopic (exact) mass is 715 g/mol. The van der Waals surface area contributed by atoms with Crippen LogP contribution in [0.15, 0.2) is 42.1 Å². The van der Waals surface area contributed by atoms with Crippen LogP contribution < -0.4 is 16.0 Å². The van der Waals surface area contributed by atoms with Crippen molar-refractivity contribution in [3.63, 3.8) is 0 Å². The topological polar surface area (TPSA) is 167 Å². The molecule has 7 atom stereocenters. The van der Waals surface area contributed by atoms with E-state index in [1.807, 2.05) is 53.7 Å². The van der Waals surface area contributed by atoms with Crippen molar-refractivity contribution in [3.8, 4) is 0 Å². The van der Waals surface area contributed by atoms with Gasteiger partial charge in [-0.15, -0.1) is 0 Å². The van der Waals surface area contributed by atoms with E-state index in [2.05, 4.69) is 16.0 Å². The van der Waals surface area contributed by atoms with E-state index in [9.17, 15) is 29.1 Å². The smallest absolute Gasteiger partial charge is 0.326 e. The first kappa shape index (κ1) is 43.4. The molecular weight excluding hydrogens is 654 g/mol. The summed E-state index contributed by atoms with van der Waals surface area (Å²) in [6.07, 6.45) is 1.55. The van der Waals surface area contributed by atoms with Crippen LogP contribution in [0, 0.1) is 17.8 Å². The Bertz CT molecular complexity index is 1340. The zero-order valence-corrected chi connectivity index (χ0v) is 32.1. The van der Waals surface area contributed by atoms with Crippen LogP contribution in [0.1, 0.15) is 72.8 Å². The quantitative estimate of drug-likeness (QED) is 0.150. The first-order valence-corrected chi connectivity index (χ1v) is 18.0. The van der Waals surface area contributed by atoms with Crippen LogP contribution in [0.25, 0.3) is 0 Å². The van der Waals surface area contributed by atoms with Crippen molar-refractivity contribution in [1.29, 1.82) is 0 Å². The number of amides is 4. The number of carbonyl (C=O) groups excluding carboxylic acids is 4.